The van der Waals surface area contributed by atoms with Crippen LogP contribution in [-0.2, 0) is 27.7 Å². The van der Waals surface area contributed by atoms with Crippen molar-refractivity contribution in [1.82, 2.24) is 13.9 Å². The summed E-state index contributed by atoms with van der Waals surface area (Å²) in [6.45, 7) is 3.54. The monoisotopic (exact) mass is 443 g/mol. The quantitative estimate of drug-likeness (QED) is 0.605. The Balaban J connectivity index is 0.000000730. The Morgan fingerprint density at radius 2 is 1.97 bits per heavy atom. The molecule has 1 saturated heterocycles. The number of carbonyl (C=O) groups is 1. The second-order valence-corrected chi connectivity index (χ2v) is 9.41. The van der Waals surface area contributed by atoms with Crippen LogP contribution in [0.2, 0.25) is 0 Å². The molecule has 0 saturated carbocycles. The topological polar surface area (TPSA) is 102 Å². The number of benzene rings is 1. The fourth-order valence-corrected chi connectivity index (χ4v) is 5.58. The molecule has 0 amide bonds. The van der Waals surface area contributed by atoms with Crippen molar-refractivity contribution in [2.75, 3.05) is 26.2 Å². The molecule has 4 heterocycles. The van der Waals surface area contributed by atoms with Crippen LogP contribution in [0, 0.1) is 0 Å². The smallest absolute Gasteiger partial charge is 0.290 e. The standard InChI is InChI=1S/C21H23N3O3S.CH2O2/c25-28(26,18-6-5-16-8-13-27-20(16)14-18)24-15-17(7-12-23-10-1-2-11-23)21-19(24)4-3-9-22-21;2-1-3/h3-6,9,14-15H,1-2,7-8,10-13H2;1H,(H,2,3). The van der Waals surface area contributed by atoms with Gasteiger partial charge in [-0.2, -0.15) is 0 Å². The molecule has 0 radical (unpaired) electrons. The van der Waals surface area contributed by atoms with Gasteiger partial charge < -0.3 is 14.7 Å². The zero-order valence-corrected chi connectivity index (χ0v) is 17.9. The van der Waals surface area contributed by atoms with Crippen LogP contribution in [0.1, 0.15) is 24.0 Å². The molecule has 31 heavy (non-hydrogen) atoms. The summed E-state index contributed by atoms with van der Waals surface area (Å²) in [5, 5.41) is 6.89. The summed E-state index contributed by atoms with van der Waals surface area (Å²) in [5.74, 6) is 0.671. The first kappa shape index (κ1) is 21.3. The molecule has 164 valence electrons. The molecule has 1 aromatic carbocycles. The van der Waals surface area contributed by atoms with Crippen molar-refractivity contribution in [2.45, 2.75) is 30.6 Å². The molecule has 0 atom stereocenters. The van der Waals surface area contributed by atoms with Crippen molar-refractivity contribution in [3.05, 3.63) is 53.9 Å². The van der Waals surface area contributed by atoms with Gasteiger partial charge in [-0.1, -0.05) is 6.07 Å². The highest BCUT2D eigenvalue weighted by Gasteiger charge is 2.24. The lowest BCUT2D eigenvalue weighted by atomic mass is 10.2. The molecule has 9 heteroatoms. The fraction of sp³-hybridized carbons (Fsp3) is 0.364. The first-order chi connectivity index (χ1) is 15.0. The normalized spacial score (nSPS) is 15.9. The number of pyridine rings is 1. The van der Waals surface area contributed by atoms with E-state index >= 15 is 0 Å². The summed E-state index contributed by atoms with van der Waals surface area (Å²) < 4.78 is 33.7. The number of aromatic nitrogens is 2. The number of hydrogen-bond acceptors (Lipinski definition) is 6. The van der Waals surface area contributed by atoms with Gasteiger partial charge in [-0.25, -0.2) is 12.4 Å². The minimum atomic E-state index is -3.72. The van der Waals surface area contributed by atoms with Gasteiger partial charge in [-0.05, 0) is 61.7 Å². The molecule has 5 rings (SSSR count). The fourth-order valence-electron chi connectivity index (χ4n) is 4.18. The van der Waals surface area contributed by atoms with E-state index in [4.69, 9.17) is 14.6 Å². The van der Waals surface area contributed by atoms with Gasteiger partial charge in [0.1, 0.15) is 5.75 Å². The zero-order chi connectivity index (χ0) is 21.8. The van der Waals surface area contributed by atoms with Crippen molar-refractivity contribution >= 4 is 27.5 Å². The van der Waals surface area contributed by atoms with E-state index in [1.807, 2.05) is 12.1 Å². The summed E-state index contributed by atoms with van der Waals surface area (Å²) >= 11 is 0. The van der Waals surface area contributed by atoms with Gasteiger partial charge in [0.15, 0.2) is 0 Å². The summed E-state index contributed by atoms with van der Waals surface area (Å²) in [6, 6.07) is 8.78. The number of fused-ring (bicyclic) bond motifs is 2. The van der Waals surface area contributed by atoms with Crippen LogP contribution in [0.3, 0.4) is 0 Å². The van der Waals surface area contributed by atoms with Gasteiger partial charge in [-0.15, -0.1) is 0 Å². The molecular formula is C22H25N3O5S. The van der Waals surface area contributed by atoms with Crippen LogP contribution in [0.5, 0.6) is 5.75 Å². The molecule has 8 nitrogen and oxygen atoms in total. The van der Waals surface area contributed by atoms with Gasteiger partial charge in [0, 0.05) is 31.4 Å². The van der Waals surface area contributed by atoms with Crippen molar-refractivity contribution < 1.29 is 23.1 Å². The first-order valence-corrected chi connectivity index (χ1v) is 11.7. The van der Waals surface area contributed by atoms with Crippen molar-refractivity contribution in [3.8, 4) is 5.75 Å². The molecule has 1 N–H and O–H groups in total. The van der Waals surface area contributed by atoms with E-state index in [2.05, 4.69) is 9.88 Å². The number of hydrogen-bond donors (Lipinski definition) is 1. The van der Waals surface area contributed by atoms with E-state index < -0.39 is 10.0 Å². The zero-order valence-electron chi connectivity index (χ0n) is 17.1. The molecule has 2 aromatic heterocycles. The van der Waals surface area contributed by atoms with Crippen LogP contribution in [0.15, 0.2) is 47.6 Å². The van der Waals surface area contributed by atoms with E-state index in [0.717, 1.165) is 49.1 Å². The van der Waals surface area contributed by atoms with Crippen LogP contribution in [0.25, 0.3) is 11.0 Å². The second kappa shape index (κ2) is 9.07. The van der Waals surface area contributed by atoms with Crippen molar-refractivity contribution in [1.29, 1.82) is 0 Å². The maximum atomic E-state index is 13.4. The van der Waals surface area contributed by atoms with E-state index in [1.165, 1.54) is 16.8 Å². The van der Waals surface area contributed by atoms with Crippen LogP contribution >= 0.6 is 0 Å². The Labute approximate surface area is 181 Å². The molecule has 0 aliphatic carbocycles. The average Bonchev–Trinajstić information content (AvgIpc) is 3.51. The lowest BCUT2D eigenvalue weighted by Gasteiger charge is -2.13. The third kappa shape index (κ3) is 4.28. The maximum absolute atomic E-state index is 13.4. The summed E-state index contributed by atoms with van der Waals surface area (Å²) in [4.78, 5) is 15.5. The lowest BCUT2D eigenvalue weighted by molar-refractivity contribution is -0.122. The Kier molecular flexibility index (Phi) is 6.24. The molecule has 0 bridgehead atoms. The van der Waals surface area contributed by atoms with Gasteiger partial charge in [0.05, 0.1) is 22.5 Å². The molecule has 2 aliphatic rings. The molecule has 2 aliphatic heterocycles. The predicted octanol–water partition coefficient (Wildman–Crippen LogP) is 2.55. The Bertz CT molecular complexity index is 1180. The number of ether oxygens (including phenoxy) is 1. The summed E-state index contributed by atoms with van der Waals surface area (Å²) in [5.41, 5.74) is 3.43. The highest BCUT2D eigenvalue weighted by molar-refractivity contribution is 7.90. The first-order valence-electron chi connectivity index (χ1n) is 10.3. The minimum Gasteiger partial charge on any atom is -0.493 e. The van der Waals surface area contributed by atoms with Crippen LogP contribution < -0.4 is 4.74 Å². The highest BCUT2D eigenvalue weighted by atomic mass is 32.2. The Morgan fingerprint density at radius 1 is 1.19 bits per heavy atom. The number of rotatable bonds is 5. The molecule has 0 unspecified atom stereocenters. The van der Waals surface area contributed by atoms with E-state index in [0.29, 0.717) is 17.9 Å². The molecule has 0 spiro atoms. The van der Waals surface area contributed by atoms with Crippen molar-refractivity contribution in [3.63, 3.8) is 0 Å². The van der Waals surface area contributed by atoms with Gasteiger partial charge in [0.25, 0.3) is 16.5 Å². The second-order valence-electron chi connectivity index (χ2n) is 7.60. The third-order valence-corrected chi connectivity index (χ3v) is 7.39. The van der Waals surface area contributed by atoms with Gasteiger partial charge >= 0.3 is 0 Å². The minimum absolute atomic E-state index is 0.250. The molecule has 1 fully saturated rings. The summed E-state index contributed by atoms with van der Waals surface area (Å²) in [7, 11) is -3.72. The maximum Gasteiger partial charge on any atom is 0.290 e. The van der Waals surface area contributed by atoms with E-state index in [9.17, 15) is 8.42 Å². The SMILES string of the molecule is O=CO.O=S(=O)(c1ccc2c(c1)OCC2)n1cc(CCN2CCCC2)c2ncccc21. The molecular weight excluding hydrogens is 418 g/mol. The van der Waals surface area contributed by atoms with E-state index in [-0.39, 0.29) is 11.4 Å². The largest absolute Gasteiger partial charge is 0.493 e. The lowest BCUT2D eigenvalue weighted by Crippen LogP contribution is -2.21. The van der Waals surface area contributed by atoms with E-state index in [1.54, 1.807) is 30.6 Å². The highest BCUT2D eigenvalue weighted by Crippen LogP contribution is 2.31. The van der Waals surface area contributed by atoms with Crippen LogP contribution in [-0.4, -0.2) is 60.1 Å². The van der Waals surface area contributed by atoms with Gasteiger partial charge in [-0.3, -0.25) is 9.78 Å². The Hall–Kier alpha value is -2.91. The number of carboxylic acid groups (broad SMARTS) is 1. The number of likely N-dealkylation sites (tertiary alicyclic amines) is 1. The Morgan fingerprint density at radius 3 is 2.74 bits per heavy atom. The predicted molar refractivity (Wildman–Crippen MR) is 116 cm³/mol. The third-order valence-electron chi connectivity index (χ3n) is 5.72. The van der Waals surface area contributed by atoms with Crippen LogP contribution in [0.4, 0.5) is 0 Å². The number of nitrogens with zero attached hydrogens (tertiary/aromatic N) is 3. The summed E-state index contributed by atoms with van der Waals surface area (Å²) in [6.07, 6.45) is 7.58. The molecule has 3 aromatic rings. The van der Waals surface area contributed by atoms with Gasteiger partial charge in [0.2, 0.25) is 0 Å². The van der Waals surface area contributed by atoms with Crippen molar-refractivity contribution in [2.24, 2.45) is 0 Å². The average molecular weight is 444 g/mol.